The molecular weight excluding hydrogens is 542 g/mol. The first-order valence-electron chi connectivity index (χ1n) is 13.4. The van der Waals surface area contributed by atoms with Crippen molar-refractivity contribution in [1.82, 2.24) is 34.7 Å². The Bertz CT molecular complexity index is 2020. The Morgan fingerprint density at radius 1 is 0.952 bits per heavy atom. The SMILES string of the molecule is O=C(O)N1C[C@@H]2C[C@H]1CN2c1ccc(-c2ccnc3c(-c4ccc(F)c5[nH]ncc45)c(-c4ccncc4)nn23)c(F)c1. The van der Waals surface area contributed by atoms with Gasteiger partial charge in [0.05, 0.1) is 23.5 Å². The van der Waals surface area contributed by atoms with Crippen molar-refractivity contribution in [3.63, 3.8) is 0 Å². The summed E-state index contributed by atoms with van der Waals surface area (Å²) < 4.78 is 32.1. The molecule has 10 nitrogen and oxygen atoms in total. The highest BCUT2D eigenvalue weighted by Crippen LogP contribution is 2.40. The number of carboxylic acid groups (broad SMARTS) is 1. The number of halogens is 2. The molecule has 8 rings (SSSR count). The molecule has 2 aliphatic heterocycles. The third-order valence-electron chi connectivity index (χ3n) is 8.35. The van der Waals surface area contributed by atoms with E-state index < -0.39 is 17.7 Å². The first-order valence-corrected chi connectivity index (χ1v) is 13.4. The van der Waals surface area contributed by atoms with Gasteiger partial charge in [0, 0.05) is 59.9 Å². The van der Waals surface area contributed by atoms with E-state index in [1.807, 2.05) is 18.2 Å². The van der Waals surface area contributed by atoms with Crippen molar-refractivity contribution >= 4 is 28.3 Å². The number of anilines is 1. The Balaban J connectivity index is 1.27. The lowest BCUT2D eigenvalue weighted by atomic mass is 9.98. The maximum absolute atomic E-state index is 15.9. The summed E-state index contributed by atoms with van der Waals surface area (Å²) in [4.78, 5) is 23.8. The quantitative estimate of drug-likeness (QED) is 0.302. The lowest BCUT2D eigenvalue weighted by Gasteiger charge is -2.34. The van der Waals surface area contributed by atoms with Crippen molar-refractivity contribution in [2.24, 2.45) is 0 Å². The van der Waals surface area contributed by atoms with E-state index >= 15 is 4.39 Å². The van der Waals surface area contributed by atoms with E-state index in [1.165, 1.54) is 17.0 Å². The number of pyridine rings is 1. The number of carbonyl (C=O) groups is 1. The number of likely N-dealkylation sites (tertiary alicyclic amines) is 1. The van der Waals surface area contributed by atoms with E-state index in [0.717, 1.165) is 12.0 Å². The van der Waals surface area contributed by atoms with Crippen molar-refractivity contribution in [2.75, 3.05) is 18.0 Å². The molecule has 0 spiro atoms. The van der Waals surface area contributed by atoms with Crippen LogP contribution in [0, 0.1) is 11.6 Å². The Morgan fingerprint density at radius 3 is 2.55 bits per heavy atom. The van der Waals surface area contributed by atoms with E-state index in [1.54, 1.807) is 47.5 Å². The van der Waals surface area contributed by atoms with Crippen LogP contribution in [-0.2, 0) is 0 Å². The van der Waals surface area contributed by atoms with Gasteiger partial charge >= 0.3 is 6.09 Å². The number of piperazine rings is 1. The standard InChI is InChI=1S/C30H22F2N8O2/c31-23-4-3-20(22-13-35-36-28(22)23)26-27(16-5-8-33-9-6-16)37-40-25(7-10-34-29(26)40)21-2-1-17(12-24(21)32)38-14-19-11-18(38)15-39(19)30(41)42/h1-10,12-13,18-19H,11,14-15H2,(H,35,36)(H,41,42)/t18-,19-/m0/s1. The number of hydrogen-bond donors (Lipinski definition) is 2. The van der Waals surface area contributed by atoms with Crippen LogP contribution in [0.25, 0.3) is 50.2 Å². The van der Waals surface area contributed by atoms with E-state index in [-0.39, 0.29) is 17.6 Å². The Hall–Kier alpha value is -5.39. The first-order chi connectivity index (χ1) is 20.5. The minimum absolute atomic E-state index is 0.0241. The Labute approximate surface area is 236 Å². The van der Waals surface area contributed by atoms with Gasteiger partial charge in [-0.1, -0.05) is 6.07 Å². The molecule has 1 amide bonds. The van der Waals surface area contributed by atoms with Gasteiger partial charge < -0.3 is 14.9 Å². The maximum atomic E-state index is 15.9. The van der Waals surface area contributed by atoms with Crippen LogP contribution in [0.1, 0.15) is 6.42 Å². The summed E-state index contributed by atoms with van der Waals surface area (Å²) in [5.74, 6) is -0.856. The number of benzene rings is 2. The van der Waals surface area contributed by atoms with Crippen LogP contribution in [0.3, 0.4) is 0 Å². The van der Waals surface area contributed by atoms with E-state index in [0.29, 0.717) is 57.9 Å². The lowest BCUT2D eigenvalue weighted by Crippen LogP contribution is -2.48. The molecule has 2 N–H and O–H groups in total. The van der Waals surface area contributed by atoms with E-state index in [9.17, 15) is 14.3 Å². The Morgan fingerprint density at radius 2 is 1.79 bits per heavy atom. The van der Waals surface area contributed by atoms with Gasteiger partial charge in [0.1, 0.15) is 22.8 Å². The molecule has 6 heterocycles. The number of amides is 1. The second-order valence-corrected chi connectivity index (χ2v) is 10.6. The van der Waals surface area contributed by atoms with Crippen molar-refractivity contribution in [3.05, 3.63) is 85.0 Å². The van der Waals surface area contributed by atoms with E-state index in [4.69, 9.17) is 5.10 Å². The summed E-state index contributed by atoms with van der Waals surface area (Å²) in [6, 6.07) is 13.4. The highest BCUT2D eigenvalue weighted by molar-refractivity contribution is 6.03. The summed E-state index contributed by atoms with van der Waals surface area (Å²) in [6.45, 7) is 0.947. The fourth-order valence-electron chi connectivity index (χ4n) is 6.44. The van der Waals surface area contributed by atoms with Gasteiger partial charge in [0.2, 0.25) is 0 Å². The molecule has 0 unspecified atom stereocenters. The van der Waals surface area contributed by atoms with Gasteiger partial charge in [0.25, 0.3) is 0 Å². The summed E-state index contributed by atoms with van der Waals surface area (Å²) in [5, 5.41) is 21.7. The van der Waals surface area contributed by atoms with Gasteiger partial charge in [0.15, 0.2) is 5.65 Å². The molecule has 6 aromatic rings. The van der Waals surface area contributed by atoms with Gasteiger partial charge in [-0.05, 0) is 54.4 Å². The fourth-order valence-corrected chi connectivity index (χ4v) is 6.44. The minimum atomic E-state index is -0.913. The van der Waals surface area contributed by atoms with Crippen LogP contribution in [0.5, 0.6) is 0 Å². The van der Waals surface area contributed by atoms with Gasteiger partial charge in [-0.3, -0.25) is 10.1 Å². The van der Waals surface area contributed by atoms with Crippen LogP contribution < -0.4 is 4.90 Å². The number of rotatable bonds is 4. The van der Waals surface area contributed by atoms with Crippen LogP contribution in [0.4, 0.5) is 19.3 Å². The summed E-state index contributed by atoms with van der Waals surface area (Å²) in [6.07, 6.45) is 6.32. The van der Waals surface area contributed by atoms with Crippen LogP contribution in [-0.4, -0.2) is 71.1 Å². The normalized spacial score (nSPS) is 18.0. The average molecular weight is 565 g/mol. The second kappa shape index (κ2) is 9.06. The van der Waals surface area contributed by atoms with Crippen molar-refractivity contribution in [3.8, 4) is 33.6 Å². The number of H-pyrrole nitrogens is 1. The van der Waals surface area contributed by atoms with Crippen LogP contribution >= 0.6 is 0 Å². The molecule has 2 bridgehead atoms. The molecule has 2 atom stereocenters. The molecule has 0 aliphatic carbocycles. The molecule has 2 aromatic carbocycles. The molecule has 2 saturated heterocycles. The zero-order valence-corrected chi connectivity index (χ0v) is 21.9. The summed E-state index contributed by atoms with van der Waals surface area (Å²) in [5.41, 5.74) is 4.99. The molecular formula is C30H22F2N8O2. The molecule has 4 aromatic heterocycles. The fraction of sp³-hybridized carbons (Fsp3) is 0.167. The molecule has 2 aliphatic rings. The highest BCUT2D eigenvalue weighted by atomic mass is 19.1. The largest absolute Gasteiger partial charge is 0.465 e. The van der Waals surface area contributed by atoms with Gasteiger partial charge in [-0.25, -0.2) is 23.1 Å². The summed E-state index contributed by atoms with van der Waals surface area (Å²) in [7, 11) is 0. The lowest BCUT2D eigenvalue weighted by molar-refractivity contribution is 0.137. The number of aromatic nitrogens is 6. The van der Waals surface area contributed by atoms with Gasteiger partial charge in [-0.15, -0.1) is 0 Å². The maximum Gasteiger partial charge on any atom is 0.407 e. The number of fused-ring (bicyclic) bond motifs is 4. The predicted octanol–water partition coefficient (Wildman–Crippen LogP) is 5.22. The highest BCUT2D eigenvalue weighted by Gasteiger charge is 2.45. The van der Waals surface area contributed by atoms with E-state index in [2.05, 4.69) is 25.1 Å². The second-order valence-electron chi connectivity index (χ2n) is 10.6. The number of hydrogen-bond acceptors (Lipinski definition) is 6. The molecule has 42 heavy (non-hydrogen) atoms. The molecule has 208 valence electrons. The van der Waals surface area contributed by atoms with Crippen LogP contribution in [0.2, 0.25) is 0 Å². The molecule has 0 radical (unpaired) electrons. The minimum Gasteiger partial charge on any atom is -0.465 e. The number of aromatic amines is 1. The first kappa shape index (κ1) is 24.4. The Kier molecular flexibility index (Phi) is 5.27. The van der Waals surface area contributed by atoms with Crippen LogP contribution in [0.15, 0.2) is 73.3 Å². The number of nitrogens with one attached hydrogen (secondary N) is 1. The zero-order valence-electron chi connectivity index (χ0n) is 21.9. The molecule has 2 fully saturated rings. The van der Waals surface area contributed by atoms with Crippen molar-refractivity contribution < 1.29 is 18.7 Å². The van der Waals surface area contributed by atoms with Crippen molar-refractivity contribution in [1.29, 1.82) is 0 Å². The van der Waals surface area contributed by atoms with Gasteiger partial charge in [-0.2, -0.15) is 10.2 Å². The third-order valence-corrected chi connectivity index (χ3v) is 8.35. The molecule has 0 saturated carbocycles. The monoisotopic (exact) mass is 564 g/mol. The third kappa shape index (κ3) is 3.57. The van der Waals surface area contributed by atoms with Crippen molar-refractivity contribution in [2.45, 2.75) is 18.5 Å². The topological polar surface area (TPSA) is 116 Å². The smallest absolute Gasteiger partial charge is 0.407 e. The predicted molar refractivity (Wildman–Crippen MR) is 151 cm³/mol. The average Bonchev–Trinajstić information content (AvgIpc) is 3.81. The zero-order chi connectivity index (χ0) is 28.5. The number of nitrogens with zero attached hydrogens (tertiary/aromatic N) is 7. The summed E-state index contributed by atoms with van der Waals surface area (Å²) >= 11 is 0. The molecule has 12 heteroatoms.